The van der Waals surface area contributed by atoms with Crippen molar-refractivity contribution in [1.29, 1.82) is 0 Å². The van der Waals surface area contributed by atoms with Gasteiger partial charge in [0.2, 0.25) is 0 Å². The SMILES string of the molecule is c1ccc(-c2ccc(-c3ccccc3N(c3ccc(-c4cccc(-n5c6ccccc6c6ccccc65)c4)cc3)c3ccc(-c4ccc5c(c4)C4(c6ccccc6-5)c5ccccc5-n5c6ccccc6c6cccc4c65)c4ccccc34)cc2)cc1. The molecule has 1 aliphatic heterocycles. The number of hydrogen-bond donors (Lipinski definition) is 0. The third-order valence-electron chi connectivity index (χ3n) is 18.7. The van der Waals surface area contributed by atoms with Crippen molar-refractivity contribution in [3.05, 3.63) is 344 Å². The van der Waals surface area contributed by atoms with Gasteiger partial charge in [-0.3, -0.25) is 0 Å². The summed E-state index contributed by atoms with van der Waals surface area (Å²) in [5.41, 5.74) is 27.2. The predicted molar refractivity (Wildman–Crippen MR) is 360 cm³/mol. The van der Waals surface area contributed by atoms with E-state index in [1.807, 2.05) is 0 Å². The number of rotatable bonds is 8. The van der Waals surface area contributed by atoms with Crippen LogP contribution >= 0.6 is 0 Å². The average molecular weight is 1090 g/mol. The van der Waals surface area contributed by atoms with Gasteiger partial charge in [-0.1, -0.05) is 255 Å². The van der Waals surface area contributed by atoms with Gasteiger partial charge < -0.3 is 14.0 Å². The minimum atomic E-state index is -0.559. The van der Waals surface area contributed by atoms with Crippen LogP contribution in [0.1, 0.15) is 22.3 Å². The molecule has 1 unspecified atom stereocenters. The first-order valence-electron chi connectivity index (χ1n) is 29.8. The van der Waals surface area contributed by atoms with Crippen LogP contribution < -0.4 is 4.90 Å². The van der Waals surface area contributed by atoms with Crippen molar-refractivity contribution in [1.82, 2.24) is 9.13 Å². The fraction of sp³-hybridized carbons (Fsp3) is 0.0120. The molecule has 1 atom stereocenters. The Morgan fingerprint density at radius 1 is 0.244 bits per heavy atom. The topological polar surface area (TPSA) is 13.1 Å². The molecular formula is C83H53N3. The molecule has 0 radical (unpaired) electrons. The monoisotopic (exact) mass is 1090 g/mol. The number of fused-ring (bicyclic) bond motifs is 16. The first kappa shape index (κ1) is 48.3. The van der Waals surface area contributed by atoms with Crippen LogP contribution in [0.2, 0.25) is 0 Å². The zero-order valence-corrected chi connectivity index (χ0v) is 46.9. The number of anilines is 3. The summed E-state index contributed by atoms with van der Waals surface area (Å²) >= 11 is 0. The van der Waals surface area contributed by atoms with E-state index in [1.165, 1.54) is 110 Å². The van der Waals surface area contributed by atoms with E-state index >= 15 is 0 Å². The van der Waals surface area contributed by atoms with Gasteiger partial charge in [0.05, 0.1) is 44.5 Å². The normalized spacial score (nSPS) is 13.9. The minimum Gasteiger partial charge on any atom is -0.309 e. The molecule has 3 nitrogen and oxygen atoms in total. The molecule has 2 aliphatic rings. The molecule has 400 valence electrons. The number of nitrogens with zero attached hydrogens (tertiary/aromatic N) is 3. The van der Waals surface area contributed by atoms with Crippen molar-refractivity contribution in [2.45, 2.75) is 5.41 Å². The van der Waals surface area contributed by atoms with Crippen molar-refractivity contribution in [3.63, 3.8) is 0 Å². The molecule has 0 N–H and O–H groups in total. The molecule has 86 heavy (non-hydrogen) atoms. The second kappa shape index (κ2) is 18.9. The highest BCUT2D eigenvalue weighted by atomic mass is 15.1. The Labute approximate surface area is 498 Å². The summed E-state index contributed by atoms with van der Waals surface area (Å²) in [5.74, 6) is 0. The smallest absolute Gasteiger partial charge is 0.0754 e. The van der Waals surface area contributed by atoms with E-state index in [4.69, 9.17) is 0 Å². The molecule has 2 aromatic heterocycles. The van der Waals surface area contributed by atoms with Crippen LogP contribution in [0.15, 0.2) is 322 Å². The Morgan fingerprint density at radius 2 is 0.744 bits per heavy atom. The number of benzene rings is 14. The maximum absolute atomic E-state index is 2.53. The third-order valence-corrected chi connectivity index (χ3v) is 18.7. The summed E-state index contributed by atoms with van der Waals surface area (Å²) < 4.78 is 4.93. The Morgan fingerprint density at radius 3 is 1.51 bits per heavy atom. The summed E-state index contributed by atoms with van der Waals surface area (Å²) in [6, 6.07) is 120. The van der Waals surface area contributed by atoms with Gasteiger partial charge in [-0.25, -0.2) is 0 Å². The molecule has 0 amide bonds. The molecule has 18 rings (SSSR count). The quantitative estimate of drug-likeness (QED) is 0.148. The van der Waals surface area contributed by atoms with Gasteiger partial charge in [0, 0.05) is 43.9 Å². The molecule has 0 saturated carbocycles. The lowest BCUT2D eigenvalue weighted by molar-refractivity contribution is 0.749. The summed E-state index contributed by atoms with van der Waals surface area (Å²) in [6.07, 6.45) is 0. The first-order valence-corrected chi connectivity index (χ1v) is 29.8. The maximum atomic E-state index is 2.53. The minimum absolute atomic E-state index is 0.559. The van der Waals surface area contributed by atoms with Gasteiger partial charge >= 0.3 is 0 Å². The highest BCUT2D eigenvalue weighted by Crippen LogP contribution is 2.62. The van der Waals surface area contributed by atoms with Gasteiger partial charge in [-0.15, -0.1) is 0 Å². The standard InChI is InChI=1S/C83H53N3/c1-2-20-54(21-3-1)55-40-42-57(43-41-55)63-24-7-13-35-76(63)84(60-47-44-56(45-48-60)58-22-18-23-61(52-58)85-77-36-14-8-28-68(77)69-29-9-15-37-78(69)85)80-51-50-62(64-25-4-5-27-67(64)80)59-46-49-66-65-26-6-11-32-72(65)83(75(66)53-59)73-33-12-17-39-81(73)86-79-38-16-10-30-70(79)71-31-19-34-74(83)82(71)86/h1-53H. The zero-order chi connectivity index (χ0) is 56.5. The van der Waals surface area contributed by atoms with E-state index in [0.717, 1.165) is 50.4 Å². The van der Waals surface area contributed by atoms with Crippen molar-refractivity contribution in [2.24, 2.45) is 0 Å². The second-order valence-corrected chi connectivity index (χ2v) is 23.1. The second-order valence-electron chi connectivity index (χ2n) is 23.1. The van der Waals surface area contributed by atoms with Crippen LogP contribution in [0.3, 0.4) is 0 Å². The summed E-state index contributed by atoms with van der Waals surface area (Å²) in [6.45, 7) is 0. The Hall–Kier alpha value is -11.3. The van der Waals surface area contributed by atoms with Gasteiger partial charge in [-0.05, 0) is 144 Å². The van der Waals surface area contributed by atoms with Crippen LogP contribution in [0.5, 0.6) is 0 Å². The highest BCUT2D eigenvalue weighted by Gasteiger charge is 2.51. The fourth-order valence-corrected chi connectivity index (χ4v) is 15.1. The van der Waals surface area contributed by atoms with E-state index in [-0.39, 0.29) is 0 Å². The van der Waals surface area contributed by atoms with E-state index in [2.05, 4.69) is 336 Å². The molecule has 1 spiro atoms. The maximum Gasteiger partial charge on any atom is 0.0754 e. The van der Waals surface area contributed by atoms with Crippen LogP contribution in [0.4, 0.5) is 17.1 Å². The molecule has 16 aromatic rings. The Kier molecular flexibility index (Phi) is 10.6. The Balaban J connectivity index is 0.807. The van der Waals surface area contributed by atoms with Crippen molar-refractivity contribution in [3.8, 4) is 67.0 Å². The lowest BCUT2D eigenvalue weighted by Gasteiger charge is -2.39. The molecule has 3 heterocycles. The number of hydrogen-bond acceptors (Lipinski definition) is 1. The van der Waals surface area contributed by atoms with E-state index in [0.29, 0.717) is 0 Å². The van der Waals surface area contributed by atoms with Crippen LogP contribution in [-0.2, 0) is 5.41 Å². The summed E-state index contributed by atoms with van der Waals surface area (Å²) in [5, 5.41) is 7.42. The lowest BCUT2D eigenvalue weighted by Crippen LogP contribution is -2.33. The summed E-state index contributed by atoms with van der Waals surface area (Å²) in [7, 11) is 0. The fourth-order valence-electron chi connectivity index (χ4n) is 15.1. The third kappa shape index (κ3) is 6.97. The van der Waals surface area contributed by atoms with Gasteiger partial charge in [0.15, 0.2) is 0 Å². The molecular weight excluding hydrogens is 1040 g/mol. The van der Waals surface area contributed by atoms with Crippen LogP contribution in [0, 0.1) is 0 Å². The molecule has 1 aliphatic carbocycles. The molecule has 14 aromatic carbocycles. The van der Waals surface area contributed by atoms with Crippen molar-refractivity contribution in [2.75, 3.05) is 4.90 Å². The highest BCUT2D eigenvalue weighted by molar-refractivity contribution is 6.14. The van der Waals surface area contributed by atoms with E-state index in [9.17, 15) is 0 Å². The summed E-state index contributed by atoms with van der Waals surface area (Å²) in [4.78, 5) is 2.48. The van der Waals surface area contributed by atoms with Crippen molar-refractivity contribution >= 4 is 71.4 Å². The van der Waals surface area contributed by atoms with Crippen LogP contribution in [0.25, 0.3) is 121 Å². The largest absolute Gasteiger partial charge is 0.309 e. The lowest BCUT2D eigenvalue weighted by atomic mass is 9.65. The van der Waals surface area contributed by atoms with Crippen LogP contribution in [-0.4, -0.2) is 9.13 Å². The van der Waals surface area contributed by atoms with Gasteiger partial charge in [-0.2, -0.15) is 0 Å². The number of aromatic nitrogens is 2. The van der Waals surface area contributed by atoms with E-state index in [1.54, 1.807) is 0 Å². The molecule has 3 heteroatoms. The first-order chi connectivity index (χ1) is 42.7. The average Bonchev–Trinajstić information content (AvgIpc) is 1.48. The molecule has 0 saturated heterocycles. The van der Waals surface area contributed by atoms with Gasteiger partial charge in [0.1, 0.15) is 0 Å². The molecule has 0 fully saturated rings. The zero-order valence-electron chi connectivity index (χ0n) is 46.9. The van der Waals surface area contributed by atoms with Crippen molar-refractivity contribution < 1.29 is 0 Å². The van der Waals surface area contributed by atoms with Gasteiger partial charge in [0.25, 0.3) is 0 Å². The van der Waals surface area contributed by atoms with E-state index < -0.39 is 5.41 Å². The number of para-hydroxylation sites is 6. The predicted octanol–water partition coefficient (Wildman–Crippen LogP) is 21.8. The molecule has 0 bridgehead atoms. The Bertz CT molecular complexity index is 5360.